The van der Waals surface area contributed by atoms with E-state index in [0.717, 1.165) is 25.1 Å². The quantitative estimate of drug-likeness (QED) is 0.688. The third-order valence-corrected chi connectivity index (χ3v) is 6.77. The van der Waals surface area contributed by atoms with E-state index in [1.54, 1.807) is 7.05 Å². The van der Waals surface area contributed by atoms with Gasteiger partial charge in [0.2, 0.25) is 0 Å². The molecule has 0 atom stereocenters. The van der Waals surface area contributed by atoms with Crippen molar-refractivity contribution in [2.24, 2.45) is 7.05 Å². The van der Waals surface area contributed by atoms with Gasteiger partial charge in [0, 0.05) is 13.2 Å². The van der Waals surface area contributed by atoms with Crippen LogP contribution in [0.3, 0.4) is 0 Å². The number of anilines is 1. The summed E-state index contributed by atoms with van der Waals surface area (Å²) < 4.78 is 65.9. The number of aryl methyl sites for hydroxylation is 1. The maximum absolute atomic E-state index is 13.0. The molecule has 0 amide bonds. The van der Waals surface area contributed by atoms with Gasteiger partial charge < -0.3 is 10.3 Å². The number of aromatic nitrogens is 4. The molecule has 154 valence electrons. The van der Waals surface area contributed by atoms with Crippen LogP contribution >= 0.6 is 0 Å². The summed E-state index contributed by atoms with van der Waals surface area (Å²) in [6, 6.07) is 2.41. The van der Waals surface area contributed by atoms with Crippen molar-refractivity contribution >= 4 is 26.8 Å². The molecule has 3 aromatic rings. The molecule has 0 aromatic carbocycles. The fourth-order valence-electron chi connectivity index (χ4n) is 3.24. The Labute approximate surface area is 164 Å². The Balaban J connectivity index is 1.97. The first-order valence-electron chi connectivity index (χ1n) is 8.96. The van der Waals surface area contributed by atoms with E-state index < -0.39 is 21.6 Å². The van der Waals surface area contributed by atoms with Gasteiger partial charge in [-0.1, -0.05) is 6.92 Å². The molecule has 3 heterocycles. The van der Waals surface area contributed by atoms with Crippen LogP contribution in [0.15, 0.2) is 23.2 Å². The number of pyridine rings is 2. The summed E-state index contributed by atoms with van der Waals surface area (Å²) in [6.07, 6.45) is -2.03. The summed E-state index contributed by atoms with van der Waals surface area (Å²) in [5.74, 6) is 0.316. The largest absolute Gasteiger partial charge is 0.417 e. The van der Waals surface area contributed by atoms with E-state index in [1.807, 2.05) is 0 Å². The molecule has 1 aliphatic carbocycles. The van der Waals surface area contributed by atoms with Gasteiger partial charge in [-0.05, 0) is 36.5 Å². The van der Waals surface area contributed by atoms with Crippen molar-refractivity contribution in [3.05, 3.63) is 29.5 Å². The van der Waals surface area contributed by atoms with Crippen LogP contribution in [-0.4, -0.2) is 33.7 Å². The minimum atomic E-state index is -4.57. The Hall–Kier alpha value is -2.69. The number of hydrogen-bond donors (Lipinski definition) is 1. The van der Waals surface area contributed by atoms with E-state index in [1.165, 1.54) is 17.6 Å². The molecule has 7 nitrogen and oxygen atoms in total. The fraction of sp³-hybridized carbons (Fsp3) is 0.389. The normalized spacial score (nSPS) is 15.2. The van der Waals surface area contributed by atoms with Crippen LogP contribution in [0.25, 0.3) is 22.7 Å². The molecule has 0 aliphatic heterocycles. The third-order valence-electron chi connectivity index (χ3n) is 5.03. The lowest BCUT2D eigenvalue weighted by atomic mass is 10.1. The van der Waals surface area contributed by atoms with Crippen molar-refractivity contribution in [2.45, 2.75) is 36.8 Å². The number of alkyl halides is 3. The van der Waals surface area contributed by atoms with E-state index in [9.17, 15) is 21.6 Å². The van der Waals surface area contributed by atoms with Crippen LogP contribution in [0.2, 0.25) is 0 Å². The lowest BCUT2D eigenvalue weighted by Crippen LogP contribution is -2.11. The third kappa shape index (κ3) is 3.33. The molecule has 2 N–H and O–H groups in total. The summed E-state index contributed by atoms with van der Waals surface area (Å²) in [5, 5.41) is 0. The Morgan fingerprint density at radius 2 is 1.93 bits per heavy atom. The van der Waals surface area contributed by atoms with Crippen LogP contribution in [0.1, 0.15) is 36.8 Å². The van der Waals surface area contributed by atoms with Gasteiger partial charge in [0.1, 0.15) is 17.0 Å². The maximum atomic E-state index is 13.0. The maximum Gasteiger partial charge on any atom is 0.417 e. The zero-order valence-electron chi connectivity index (χ0n) is 15.7. The van der Waals surface area contributed by atoms with E-state index in [0.29, 0.717) is 5.56 Å². The Morgan fingerprint density at radius 3 is 2.52 bits per heavy atom. The first-order valence-corrected chi connectivity index (χ1v) is 10.6. The molecule has 1 fully saturated rings. The Bertz CT molecular complexity index is 1230. The number of nitrogens with zero attached hydrogens (tertiary/aromatic N) is 4. The van der Waals surface area contributed by atoms with Gasteiger partial charge >= 0.3 is 6.18 Å². The van der Waals surface area contributed by atoms with Gasteiger partial charge in [-0.25, -0.2) is 23.4 Å². The highest BCUT2D eigenvalue weighted by Gasteiger charge is 2.33. The van der Waals surface area contributed by atoms with E-state index >= 15 is 0 Å². The number of hydrogen-bond acceptors (Lipinski definition) is 6. The smallest absolute Gasteiger partial charge is 0.383 e. The summed E-state index contributed by atoms with van der Waals surface area (Å²) in [4.78, 5) is 12.4. The molecule has 0 unspecified atom stereocenters. The zero-order valence-corrected chi connectivity index (χ0v) is 16.5. The molecule has 29 heavy (non-hydrogen) atoms. The topological polar surface area (TPSA) is 104 Å². The molecule has 0 bridgehead atoms. The van der Waals surface area contributed by atoms with Gasteiger partial charge in [0.15, 0.2) is 21.3 Å². The number of nitrogens with two attached hydrogens (primary N) is 1. The Kier molecular flexibility index (Phi) is 4.34. The van der Waals surface area contributed by atoms with Crippen LogP contribution in [0.4, 0.5) is 19.0 Å². The van der Waals surface area contributed by atoms with Gasteiger partial charge in [0.25, 0.3) is 0 Å². The van der Waals surface area contributed by atoms with Crippen molar-refractivity contribution < 1.29 is 21.6 Å². The predicted molar refractivity (Wildman–Crippen MR) is 101 cm³/mol. The van der Waals surface area contributed by atoms with E-state index in [4.69, 9.17) is 5.73 Å². The first-order chi connectivity index (χ1) is 13.5. The lowest BCUT2D eigenvalue weighted by Gasteiger charge is -2.13. The molecule has 1 aliphatic rings. The number of nitrogen functional groups attached to an aromatic ring is 1. The fourth-order valence-corrected chi connectivity index (χ4v) is 4.29. The summed E-state index contributed by atoms with van der Waals surface area (Å²) >= 11 is 0. The molecule has 0 radical (unpaired) electrons. The van der Waals surface area contributed by atoms with Crippen molar-refractivity contribution in [3.63, 3.8) is 0 Å². The second kappa shape index (κ2) is 6.41. The predicted octanol–water partition coefficient (Wildman–Crippen LogP) is 3.30. The van der Waals surface area contributed by atoms with Gasteiger partial charge in [-0.3, -0.25) is 0 Å². The SMILES string of the molecule is CCS(=O)(=O)c1cc(C2CC2)c(N)nc1-c1nc2cc(C(F)(F)F)cnc2n1C. The highest BCUT2D eigenvalue weighted by molar-refractivity contribution is 7.91. The molecular formula is C18H18F3N5O2S. The standard InChI is InChI=1S/C18H18F3N5O2S/c1-3-29(27,28)13-7-11(9-4-5-9)15(22)25-14(13)17-24-12-6-10(18(19,20)21)8-23-16(12)26(17)2/h6-9H,3-5H2,1-2H3,(H2,22,25). The number of fused-ring (bicyclic) bond motifs is 1. The summed E-state index contributed by atoms with van der Waals surface area (Å²) in [7, 11) is -2.14. The highest BCUT2D eigenvalue weighted by atomic mass is 32.2. The molecule has 0 spiro atoms. The van der Waals surface area contributed by atoms with Crippen molar-refractivity contribution in [1.29, 1.82) is 0 Å². The number of rotatable bonds is 4. The number of imidazole rings is 1. The minimum Gasteiger partial charge on any atom is -0.383 e. The van der Waals surface area contributed by atoms with Crippen LogP contribution in [-0.2, 0) is 23.1 Å². The summed E-state index contributed by atoms with van der Waals surface area (Å²) in [5.41, 5.74) is 6.00. The monoisotopic (exact) mass is 425 g/mol. The van der Waals surface area contributed by atoms with Crippen molar-refractivity contribution in [1.82, 2.24) is 19.5 Å². The molecular weight excluding hydrogens is 407 g/mol. The second-order valence-electron chi connectivity index (χ2n) is 7.05. The Morgan fingerprint density at radius 1 is 1.24 bits per heavy atom. The van der Waals surface area contributed by atoms with E-state index in [-0.39, 0.29) is 45.1 Å². The second-order valence-corrected chi connectivity index (χ2v) is 9.29. The number of sulfone groups is 1. The van der Waals surface area contributed by atoms with Crippen LogP contribution < -0.4 is 5.73 Å². The minimum absolute atomic E-state index is 0.0104. The number of halogens is 3. The summed E-state index contributed by atoms with van der Waals surface area (Å²) in [6.45, 7) is 1.51. The van der Waals surface area contributed by atoms with Gasteiger partial charge in [0.05, 0.1) is 16.2 Å². The highest BCUT2D eigenvalue weighted by Crippen LogP contribution is 2.44. The zero-order chi connectivity index (χ0) is 21.1. The average Bonchev–Trinajstić information content (AvgIpc) is 3.44. The van der Waals surface area contributed by atoms with E-state index in [2.05, 4.69) is 15.0 Å². The average molecular weight is 425 g/mol. The molecule has 11 heteroatoms. The van der Waals surface area contributed by atoms with Crippen molar-refractivity contribution in [3.8, 4) is 11.5 Å². The molecule has 4 rings (SSSR count). The van der Waals surface area contributed by atoms with Crippen LogP contribution in [0, 0.1) is 0 Å². The first kappa shape index (κ1) is 19.6. The molecule has 3 aromatic heterocycles. The van der Waals surface area contributed by atoms with Gasteiger partial charge in [-0.15, -0.1) is 0 Å². The molecule has 0 saturated heterocycles. The lowest BCUT2D eigenvalue weighted by molar-refractivity contribution is -0.137. The van der Waals surface area contributed by atoms with Crippen molar-refractivity contribution in [2.75, 3.05) is 11.5 Å². The molecule has 1 saturated carbocycles. The van der Waals surface area contributed by atoms with Gasteiger partial charge in [-0.2, -0.15) is 13.2 Å². The van der Waals surface area contributed by atoms with Crippen LogP contribution in [0.5, 0.6) is 0 Å².